The van der Waals surface area contributed by atoms with Crippen LogP contribution >= 0.6 is 0 Å². The summed E-state index contributed by atoms with van der Waals surface area (Å²) >= 11 is 0. The van der Waals surface area contributed by atoms with Gasteiger partial charge in [0.25, 0.3) is 5.91 Å². The highest BCUT2D eigenvalue weighted by Gasteiger charge is 2.39. The highest BCUT2D eigenvalue weighted by molar-refractivity contribution is 5.98. The van der Waals surface area contributed by atoms with Crippen molar-refractivity contribution in [3.63, 3.8) is 0 Å². The van der Waals surface area contributed by atoms with Crippen LogP contribution in [-0.2, 0) is 16.1 Å². The Morgan fingerprint density at radius 3 is 2.38 bits per heavy atom. The second-order valence-corrected chi connectivity index (χ2v) is 8.72. The normalized spacial score (nSPS) is 17.0. The van der Waals surface area contributed by atoms with E-state index in [1.165, 1.54) is 0 Å². The molecule has 0 aliphatic carbocycles. The van der Waals surface area contributed by atoms with Crippen LogP contribution in [0.25, 0.3) is 0 Å². The zero-order chi connectivity index (χ0) is 24.7. The topological polar surface area (TPSA) is 128 Å². The van der Waals surface area contributed by atoms with Crippen LogP contribution in [0.1, 0.15) is 54.6 Å². The molecule has 1 heterocycles. The van der Waals surface area contributed by atoms with Gasteiger partial charge in [-0.2, -0.15) is 0 Å². The van der Waals surface area contributed by atoms with Gasteiger partial charge in [-0.05, 0) is 36.5 Å². The summed E-state index contributed by atoms with van der Waals surface area (Å²) in [7, 11) is 0. The Bertz CT molecular complexity index is 1020. The van der Waals surface area contributed by atoms with Gasteiger partial charge in [0, 0.05) is 24.2 Å². The van der Waals surface area contributed by atoms with E-state index < -0.39 is 12.1 Å². The smallest absolute Gasteiger partial charge is 0.251 e. The molecule has 3 atom stereocenters. The zero-order valence-corrected chi connectivity index (χ0v) is 19.7. The summed E-state index contributed by atoms with van der Waals surface area (Å²) in [4.78, 5) is 40.8. The number of nitrogens with two attached hydrogens (primary N) is 1. The van der Waals surface area contributed by atoms with Crippen molar-refractivity contribution in [3.05, 3.63) is 71.3 Å². The van der Waals surface area contributed by atoms with Crippen molar-refractivity contribution in [2.24, 2.45) is 11.7 Å². The first-order valence-electron chi connectivity index (χ1n) is 11.7. The summed E-state index contributed by atoms with van der Waals surface area (Å²) in [5.74, 6) is -0.815. The third-order valence-corrected chi connectivity index (χ3v) is 6.37. The van der Waals surface area contributed by atoms with Gasteiger partial charge in [-0.25, -0.2) is 0 Å². The fraction of sp³-hybridized carbons (Fsp3) is 0.385. The number of nitrogens with zero attached hydrogens (tertiary/aromatic N) is 1. The van der Waals surface area contributed by atoms with E-state index in [9.17, 15) is 14.4 Å². The van der Waals surface area contributed by atoms with Crippen LogP contribution < -0.4 is 16.4 Å². The molecule has 3 amide bonds. The summed E-state index contributed by atoms with van der Waals surface area (Å²) in [6.45, 7) is 4.71. The molecule has 0 aromatic heterocycles. The van der Waals surface area contributed by atoms with Crippen LogP contribution in [0.3, 0.4) is 0 Å². The van der Waals surface area contributed by atoms with E-state index in [2.05, 4.69) is 10.6 Å². The molecule has 1 saturated heterocycles. The van der Waals surface area contributed by atoms with Gasteiger partial charge >= 0.3 is 0 Å². The van der Waals surface area contributed by atoms with Gasteiger partial charge < -0.3 is 21.3 Å². The molecular formula is C26H33N5O3. The molecule has 2 aromatic rings. The SMILES string of the molecule is CCC(C)C(NC(=O)c1ccccc1)C(=O)N1CCC[C@H]1C(=O)NCc1ccc(C(=N)N)cc1. The minimum absolute atomic E-state index is 0.00841. The first-order chi connectivity index (χ1) is 16.3. The van der Waals surface area contributed by atoms with Gasteiger partial charge in [-0.1, -0.05) is 62.7 Å². The molecule has 180 valence electrons. The number of carbonyl (C=O) groups is 3. The van der Waals surface area contributed by atoms with Gasteiger partial charge in [0.05, 0.1) is 0 Å². The molecule has 1 aliphatic heterocycles. The Hall–Kier alpha value is -3.68. The van der Waals surface area contributed by atoms with E-state index in [4.69, 9.17) is 11.1 Å². The van der Waals surface area contributed by atoms with Crippen LogP contribution in [0.4, 0.5) is 0 Å². The third kappa shape index (κ3) is 6.01. The number of hydrogen-bond acceptors (Lipinski definition) is 4. The van der Waals surface area contributed by atoms with Crippen molar-refractivity contribution in [2.75, 3.05) is 6.54 Å². The predicted molar refractivity (Wildman–Crippen MR) is 131 cm³/mol. The molecule has 0 radical (unpaired) electrons. The molecule has 34 heavy (non-hydrogen) atoms. The fourth-order valence-electron chi connectivity index (χ4n) is 4.09. The second kappa shape index (κ2) is 11.4. The lowest BCUT2D eigenvalue weighted by Gasteiger charge is -2.31. The highest BCUT2D eigenvalue weighted by atomic mass is 16.2. The monoisotopic (exact) mass is 463 g/mol. The van der Waals surface area contributed by atoms with Crippen molar-refractivity contribution in [3.8, 4) is 0 Å². The number of carbonyl (C=O) groups excluding carboxylic acids is 3. The van der Waals surface area contributed by atoms with Gasteiger partial charge in [0.15, 0.2) is 0 Å². The molecule has 2 aromatic carbocycles. The summed E-state index contributed by atoms with van der Waals surface area (Å²) in [6.07, 6.45) is 2.03. The quantitative estimate of drug-likeness (QED) is 0.336. The molecule has 1 aliphatic rings. The van der Waals surface area contributed by atoms with Gasteiger partial charge in [0.1, 0.15) is 17.9 Å². The molecule has 0 saturated carbocycles. The van der Waals surface area contributed by atoms with Gasteiger partial charge in [0.2, 0.25) is 11.8 Å². The molecule has 8 nitrogen and oxygen atoms in total. The maximum atomic E-state index is 13.5. The Labute approximate surface area is 200 Å². The number of rotatable bonds is 9. The number of likely N-dealkylation sites (tertiary alicyclic amines) is 1. The predicted octanol–water partition coefficient (Wildman–Crippen LogP) is 2.42. The molecule has 0 bridgehead atoms. The maximum absolute atomic E-state index is 13.5. The molecule has 3 rings (SSSR count). The lowest BCUT2D eigenvalue weighted by Crippen LogP contribution is -2.55. The van der Waals surface area contributed by atoms with Crippen LogP contribution in [-0.4, -0.2) is 47.1 Å². The lowest BCUT2D eigenvalue weighted by atomic mass is 9.97. The Balaban J connectivity index is 1.66. The van der Waals surface area contributed by atoms with Crippen LogP contribution in [0.15, 0.2) is 54.6 Å². The third-order valence-electron chi connectivity index (χ3n) is 6.37. The fourth-order valence-corrected chi connectivity index (χ4v) is 4.09. The number of nitrogen functional groups attached to an aromatic ring is 1. The minimum atomic E-state index is -0.703. The largest absolute Gasteiger partial charge is 0.384 e. The molecule has 1 fully saturated rings. The molecule has 2 unspecified atom stereocenters. The van der Waals surface area contributed by atoms with Crippen molar-refractivity contribution in [1.82, 2.24) is 15.5 Å². The lowest BCUT2D eigenvalue weighted by molar-refractivity contribution is -0.140. The van der Waals surface area contributed by atoms with E-state index in [1.807, 2.05) is 32.0 Å². The maximum Gasteiger partial charge on any atom is 0.251 e. The number of amides is 3. The number of hydrogen-bond donors (Lipinski definition) is 4. The second-order valence-electron chi connectivity index (χ2n) is 8.72. The molecular weight excluding hydrogens is 430 g/mol. The highest BCUT2D eigenvalue weighted by Crippen LogP contribution is 2.22. The number of amidine groups is 1. The van der Waals surface area contributed by atoms with E-state index in [-0.39, 0.29) is 29.5 Å². The first-order valence-corrected chi connectivity index (χ1v) is 11.7. The van der Waals surface area contributed by atoms with Crippen molar-refractivity contribution in [2.45, 2.75) is 51.7 Å². The average Bonchev–Trinajstić information content (AvgIpc) is 3.35. The minimum Gasteiger partial charge on any atom is -0.384 e. The summed E-state index contributed by atoms with van der Waals surface area (Å²) in [5.41, 5.74) is 7.47. The van der Waals surface area contributed by atoms with E-state index in [1.54, 1.807) is 41.3 Å². The van der Waals surface area contributed by atoms with Crippen molar-refractivity contribution >= 4 is 23.6 Å². The molecule has 5 N–H and O–H groups in total. The zero-order valence-electron chi connectivity index (χ0n) is 19.7. The Morgan fingerprint density at radius 1 is 1.09 bits per heavy atom. The molecule has 0 spiro atoms. The van der Waals surface area contributed by atoms with E-state index >= 15 is 0 Å². The van der Waals surface area contributed by atoms with E-state index in [0.29, 0.717) is 37.1 Å². The van der Waals surface area contributed by atoms with Crippen LogP contribution in [0.5, 0.6) is 0 Å². The van der Waals surface area contributed by atoms with E-state index in [0.717, 1.165) is 12.0 Å². The van der Waals surface area contributed by atoms with Crippen LogP contribution in [0.2, 0.25) is 0 Å². The van der Waals surface area contributed by atoms with Gasteiger partial charge in [-0.15, -0.1) is 0 Å². The summed E-state index contributed by atoms with van der Waals surface area (Å²) in [6, 6.07) is 14.6. The number of benzene rings is 2. The van der Waals surface area contributed by atoms with Crippen LogP contribution in [0, 0.1) is 11.3 Å². The number of nitrogens with one attached hydrogen (secondary N) is 3. The Morgan fingerprint density at radius 2 is 1.76 bits per heavy atom. The first kappa shape index (κ1) is 25.0. The average molecular weight is 464 g/mol. The Kier molecular flexibility index (Phi) is 8.40. The van der Waals surface area contributed by atoms with Gasteiger partial charge in [-0.3, -0.25) is 19.8 Å². The molecule has 8 heteroatoms. The summed E-state index contributed by atoms with van der Waals surface area (Å²) in [5, 5.41) is 13.3. The summed E-state index contributed by atoms with van der Waals surface area (Å²) < 4.78 is 0. The van der Waals surface area contributed by atoms with Crippen molar-refractivity contribution < 1.29 is 14.4 Å². The van der Waals surface area contributed by atoms with Crippen molar-refractivity contribution in [1.29, 1.82) is 5.41 Å². The standard InChI is InChI=1S/C26H33N5O3/c1-3-17(2)22(30-24(32)20-8-5-4-6-9-20)26(34)31-15-7-10-21(31)25(33)29-16-18-11-13-19(14-12-18)23(27)28/h4-6,8-9,11-14,17,21-22H,3,7,10,15-16H2,1-2H3,(H3,27,28)(H,29,33)(H,30,32)/t17?,21-,22?/m0/s1.